The molecule has 2 atom stereocenters. The van der Waals surface area contributed by atoms with E-state index in [1.807, 2.05) is 19.9 Å². The van der Waals surface area contributed by atoms with Crippen molar-refractivity contribution < 1.29 is 4.74 Å². The molecule has 0 spiro atoms. The molecule has 1 saturated carbocycles. The third kappa shape index (κ3) is 3.45. The van der Waals surface area contributed by atoms with Gasteiger partial charge in [0.1, 0.15) is 0 Å². The average molecular weight is 248 g/mol. The summed E-state index contributed by atoms with van der Waals surface area (Å²) in [5.41, 5.74) is 1.16. The SMILES string of the molecule is CC(C)Oc1ncccc1CNC1CCCC1C. The van der Waals surface area contributed by atoms with Crippen molar-refractivity contribution in [2.75, 3.05) is 0 Å². The maximum absolute atomic E-state index is 5.74. The Hall–Kier alpha value is -1.09. The van der Waals surface area contributed by atoms with Gasteiger partial charge >= 0.3 is 0 Å². The van der Waals surface area contributed by atoms with Crippen molar-refractivity contribution in [3.05, 3.63) is 23.9 Å². The molecule has 2 unspecified atom stereocenters. The smallest absolute Gasteiger partial charge is 0.218 e. The summed E-state index contributed by atoms with van der Waals surface area (Å²) in [7, 11) is 0. The Morgan fingerprint density at radius 2 is 2.28 bits per heavy atom. The van der Waals surface area contributed by atoms with Crippen molar-refractivity contribution in [2.45, 2.75) is 58.7 Å². The van der Waals surface area contributed by atoms with E-state index in [1.165, 1.54) is 19.3 Å². The molecule has 1 aliphatic rings. The van der Waals surface area contributed by atoms with Gasteiger partial charge in [-0.05, 0) is 38.7 Å². The second kappa shape index (κ2) is 6.19. The monoisotopic (exact) mass is 248 g/mol. The van der Waals surface area contributed by atoms with Crippen LogP contribution in [-0.2, 0) is 6.54 Å². The topological polar surface area (TPSA) is 34.1 Å². The minimum absolute atomic E-state index is 0.170. The number of aromatic nitrogens is 1. The summed E-state index contributed by atoms with van der Waals surface area (Å²) in [6.07, 6.45) is 5.95. The lowest BCUT2D eigenvalue weighted by atomic mass is 10.1. The van der Waals surface area contributed by atoms with Gasteiger partial charge in [-0.25, -0.2) is 4.98 Å². The summed E-state index contributed by atoms with van der Waals surface area (Å²) in [5.74, 6) is 1.56. The average Bonchev–Trinajstić information content (AvgIpc) is 2.73. The van der Waals surface area contributed by atoms with Crippen LogP contribution in [0.25, 0.3) is 0 Å². The Balaban J connectivity index is 1.95. The van der Waals surface area contributed by atoms with Crippen molar-refractivity contribution in [3.63, 3.8) is 0 Å². The highest BCUT2D eigenvalue weighted by atomic mass is 16.5. The Bertz CT molecular complexity index is 379. The Morgan fingerprint density at radius 1 is 1.44 bits per heavy atom. The third-order valence-electron chi connectivity index (χ3n) is 3.61. The summed E-state index contributed by atoms with van der Waals surface area (Å²) in [6, 6.07) is 4.72. The minimum Gasteiger partial charge on any atom is -0.475 e. The van der Waals surface area contributed by atoms with Gasteiger partial charge in [-0.2, -0.15) is 0 Å². The quantitative estimate of drug-likeness (QED) is 0.869. The maximum Gasteiger partial charge on any atom is 0.218 e. The number of nitrogens with one attached hydrogen (secondary N) is 1. The van der Waals surface area contributed by atoms with Crippen LogP contribution >= 0.6 is 0 Å². The molecule has 0 radical (unpaired) electrons. The highest BCUT2D eigenvalue weighted by Gasteiger charge is 2.22. The molecule has 100 valence electrons. The Kier molecular flexibility index (Phi) is 4.59. The van der Waals surface area contributed by atoms with Crippen molar-refractivity contribution in [2.24, 2.45) is 5.92 Å². The van der Waals surface area contributed by atoms with Gasteiger partial charge in [0.2, 0.25) is 5.88 Å². The van der Waals surface area contributed by atoms with Gasteiger partial charge < -0.3 is 10.1 Å². The number of hydrogen-bond donors (Lipinski definition) is 1. The van der Waals surface area contributed by atoms with E-state index < -0.39 is 0 Å². The first kappa shape index (κ1) is 13.3. The van der Waals surface area contributed by atoms with E-state index in [1.54, 1.807) is 6.20 Å². The first-order chi connectivity index (χ1) is 8.66. The van der Waals surface area contributed by atoms with Gasteiger partial charge in [0, 0.05) is 24.3 Å². The van der Waals surface area contributed by atoms with Crippen LogP contribution < -0.4 is 10.1 Å². The maximum atomic E-state index is 5.74. The molecule has 1 aromatic heterocycles. The summed E-state index contributed by atoms with van der Waals surface area (Å²) in [4.78, 5) is 4.32. The summed E-state index contributed by atoms with van der Waals surface area (Å²) < 4.78 is 5.74. The van der Waals surface area contributed by atoms with E-state index >= 15 is 0 Å². The van der Waals surface area contributed by atoms with Crippen LogP contribution in [0.2, 0.25) is 0 Å². The summed E-state index contributed by atoms with van der Waals surface area (Å²) in [5, 5.41) is 3.64. The second-order valence-corrected chi connectivity index (χ2v) is 5.53. The van der Waals surface area contributed by atoms with Crippen molar-refractivity contribution in [3.8, 4) is 5.88 Å². The largest absolute Gasteiger partial charge is 0.475 e. The minimum atomic E-state index is 0.170. The van der Waals surface area contributed by atoms with E-state index in [2.05, 4.69) is 23.3 Å². The molecular formula is C15H24N2O. The first-order valence-electron chi connectivity index (χ1n) is 7.00. The van der Waals surface area contributed by atoms with E-state index in [0.29, 0.717) is 6.04 Å². The van der Waals surface area contributed by atoms with Gasteiger partial charge in [0.25, 0.3) is 0 Å². The molecule has 0 aliphatic heterocycles. The molecule has 2 rings (SSSR count). The van der Waals surface area contributed by atoms with Crippen LogP contribution in [0.4, 0.5) is 0 Å². The Labute approximate surface area is 110 Å². The standard InChI is InChI=1S/C15H24N2O/c1-11(2)18-15-13(7-5-9-16-15)10-17-14-8-4-6-12(14)3/h5,7,9,11-12,14,17H,4,6,8,10H2,1-3H3. The zero-order valence-corrected chi connectivity index (χ0v) is 11.6. The van der Waals surface area contributed by atoms with Crippen molar-refractivity contribution in [1.29, 1.82) is 0 Å². The molecule has 1 N–H and O–H groups in total. The lowest BCUT2D eigenvalue weighted by Crippen LogP contribution is -2.30. The fourth-order valence-corrected chi connectivity index (χ4v) is 2.58. The fourth-order valence-electron chi connectivity index (χ4n) is 2.58. The number of hydrogen-bond acceptors (Lipinski definition) is 3. The van der Waals surface area contributed by atoms with E-state index in [0.717, 1.165) is 23.9 Å². The molecule has 18 heavy (non-hydrogen) atoms. The highest BCUT2D eigenvalue weighted by molar-refractivity contribution is 5.25. The molecule has 0 saturated heterocycles. The van der Waals surface area contributed by atoms with Gasteiger partial charge in [-0.1, -0.05) is 19.4 Å². The second-order valence-electron chi connectivity index (χ2n) is 5.53. The van der Waals surface area contributed by atoms with Crippen LogP contribution in [0.5, 0.6) is 5.88 Å². The molecule has 1 heterocycles. The van der Waals surface area contributed by atoms with E-state index in [4.69, 9.17) is 4.74 Å². The van der Waals surface area contributed by atoms with Crippen molar-refractivity contribution in [1.82, 2.24) is 10.3 Å². The predicted octanol–water partition coefficient (Wildman–Crippen LogP) is 3.15. The van der Waals surface area contributed by atoms with Crippen LogP contribution in [0, 0.1) is 5.92 Å². The highest BCUT2D eigenvalue weighted by Crippen LogP contribution is 2.25. The molecule has 1 aliphatic carbocycles. The van der Waals surface area contributed by atoms with Crippen LogP contribution in [0.3, 0.4) is 0 Å². The Morgan fingerprint density at radius 3 is 2.94 bits per heavy atom. The zero-order valence-electron chi connectivity index (χ0n) is 11.6. The van der Waals surface area contributed by atoms with Gasteiger partial charge in [0.05, 0.1) is 6.10 Å². The fraction of sp³-hybridized carbons (Fsp3) is 0.667. The summed E-state index contributed by atoms with van der Waals surface area (Å²) in [6.45, 7) is 7.25. The van der Waals surface area contributed by atoms with Crippen LogP contribution in [0.15, 0.2) is 18.3 Å². The molecule has 0 amide bonds. The normalized spacial score (nSPS) is 23.6. The molecule has 3 nitrogen and oxygen atoms in total. The van der Waals surface area contributed by atoms with Gasteiger partial charge in [-0.3, -0.25) is 0 Å². The zero-order chi connectivity index (χ0) is 13.0. The van der Waals surface area contributed by atoms with Gasteiger partial charge in [-0.15, -0.1) is 0 Å². The number of pyridine rings is 1. The van der Waals surface area contributed by atoms with Crippen LogP contribution in [-0.4, -0.2) is 17.1 Å². The summed E-state index contributed by atoms with van der Waals surface area (Å²) >= 11 is 0. The third-order valence-corrected chi connectivity index (χ3v) is 3.61. The van der Waals surface area contributed by atoms with Crippen LogP contribution in [0.1, 0.15) is 45.6 Å². The molecule has 3 heteroatoms. The molecule has 1 fully saturated rings. The first-order valence-corrected chi connectivity index (χ1v) is 7.00. The predicted molar refractivity (Wildman–Crippen MR) is 73.6 cm³/mol. The van der Waals surface area contributed by atoms with Crippen molar-refractivity contribution >= 4 is 0 Å². The molecule has 0 bridgehead atoms. The molecule has 1 aromatic rings. The number of ether oxygens (including phenoxy) is 1. The van der Waals surface area contributed by atoms with E-state index in [-0.39, 0.29) is 6.10 Å². The lowest BCUT2D eigenvalue weighted by Gasteiger charge is -2.19. The van der Waals surface area contributed by atoms with Gasteiger partial charge in [0.15, 0.2) is 0 Å². The number of nitrogens with zero attached hydrogens (tertiary/aromatic N) is 1. The lowest BCUT2D eigenvalue weighted by molar-refractivity contribution is 0.229. The molecule has 0 aromatic carbocycles. The molecular weight excluding hydrogens is 224 g/mol. The number of rotatable bonds is 5. The van der Waals surface area contributed by atoms with E-state index in [9.17, 15) is 0 Å².